The quantitative estimate of drug-likeness (QED) is 0.732. The van der Waals surface area contributed by atoms with Gasteiger partial charge in [-0.25, -0.2) is 0 Å². The lowest BCUT2D eigenvalue weighted by Crippen LogP contribution is -2.56. The molecule has 5 atom stereocenters. The van der Waals surface area contributed by atoms with Gasteiger partial charge in [0, 0.05) is 0 Å². The maximum Gasteiger partial charge on any atom is 0.0656 e. The molecule has 0 heterocycles. The summed E-state index contributed by atoms with van der Waals surface area (Å²) in [6.45, 7) is 0. The van der Waals surface area contributed by atoms with Gasteiger partial charge in [-0.3, -0.25) is 0 Å². The molecule has 0 radical (unpaired) electrons. The summed E-state index contributed by atoms with van der Waals surface area (Å²) in [5, 5.41) is 10.6. The van der Waals surface area contributed by atoms with Crippen molar-refractivity contribution >= 4 is 0 Å². The van der Waals surface area contributed by atoms with Gasteiger partial charge < -0.3 is 5.11 Å². The SMILES string of the molecule is OC12CC3C[C@H](C1)C(C1CCCCC1)[C@@H](C3)C2. The van der Waals surface area contributed by atoms with Crippen LogP contribution in [0.1, 0.15) is 64.2 Å². The Bertz CT molecular complexity index is 289. The molecule has 0 aromatic rings. The third kappa shape index (κ3) is 1.69. The zero-order valence-electron chi connectivity index (χ0n) is 10.9. The third-order valence-corrected chi connectivity index (χ3v) is 6.51. The van der Waals surface area contributed by atoms with Crippen molar-refractivity contribution in [3.8, 4) is 0 Å². The molecule has 0 aromatic carbocycles. The topological polar surface area (TPSA) is 20.2 Å². The van der Waals surface area contributed by atoms with Crippen LogP contribution in [0.3, 0.4) is 0 Å². The summed E-state index contributed by atoms with van der Waals surface area (Å²) in [7, 11) is 0. The van der Waals surface area contributed by atoms with Crippen molar-refractivity contribution in [2.45, 2.75) is 69.8 Å². The molecule has 3 unspecified atom stereocenters. The van der Waals surface area contributed by atoms with E-state index in [1.807, 2.05) is 0 Å². The van der Waals surface area contributed by atoms with Gasteiger partial charge >= 0.3 is 0 Å². The van der Waals surface area contributed by atoms with Crippen molar-refractivity contribution in [3.05, 3.63) is 0 Å². The Hall–Kier alpha value is -0.0400. The van der Waals surface area contributed by atoms with E-state index in [0.29, 0.717) is 0 Å². The van der Waals surface area contributed by atoms with E-state index < -0.39 is 0 Å². The molecule has 5 fully saturated rings. The van der Waals surface area contributed by atoms with Crippen LogP contribution in [-0.4, -0.2) is 10.7 Å². The lowest BCUT2D eigenvalue weighted by atomic mass is 9.47. The van der Waals surface area contributed by atoms with E-state index in [-0.39, 0.29) is 5.60 Å². The fraction of sp³-hybridized carbons (Fsp3) is 1.00. The van der Waals surface area contributed by atoms with Gasteiger partial charge in [-0.2, -0.15) is 0 Å². The second-order valence-electron chi connectivity index (χ2n) is 7.67. The zero-order chi connectivity index (χ0) is 11.5. The third-order valence-electron chi connectivity index (χ3n) is 6.51. The Morgan fingerprint density at radius 1 is 0.765 bits per heavy atom. The summed E-state index contributed by atoms with van der Waals surface area (Å²) in [6.07, 6.45) is 13.8. The fourth-order valence-electron chi connectivity index (χ4n) is 6.31. The molecular weight excluding hydrogens is 208 g/mol. The standard InChI is InChI=1S/C16H26O/c17-16-8-11-6-13(9-16)15(14(7-11)10-16)12-4-2-1-3-5-12/h11-15,17H,1-10H2/t11?,13-,14+,15?,16?. The first-order valence-corrected chi connectivity index (χ1v) is 7.96. The molecule has 0 saturated heterocycles. The van der Waals surface area contributed by atoms with E-state index in [1.54, 1.807) is 0 Å². The van der Waals surface area contributed by atoms with E-state index in [2.05, 4.69) is 0 Å². The average molecular weight is 234 g/mol. The smallest absolute Gasteiger partial charge is 0.0656 e. The lowest BCUT2D eigenvalue weighted by Gasteiger charge is -2.60. The van der Waals surface area contributed by atoms with Crippen molar-refractivity contribution in [1.29, 1.82) is 0 Å². The molecule has 5 aliphatic carbocycles. The molecule has 5 saturated carbocycles. The van der Waals surface area contributed by atoms with Gasteiger partial charge in [0.1, 0.15) is 0 Å². The molecule has 0 aromatic heterocycles. The summed E-state index contributed by atoms with van der Waals surface area (Å²) in [5.41, 5.74) is -0.221. The lowest BCUT2D eigenvalue weighted by molar-refractivity contribution is -0.165. The van der Waals surface area contributed by atoms with Crippen molar-refractivity contribution in [2.24, 2.45) is 29.6 Å². The van der Waals surface area contributed by atoms with Crippen molar-refractivity contribution in [3.63, 3.8) is 0 Å². The molecule has 1 heteroatoms. The Labute approximate surface area is 105 Å². The van der Waals surface area contributed by atoms with Crippen LogP contribution < -0.4 is 0 Å². The molecule has 96 valence electrons. The largest absolute Gasteiger partial charge is 0.390 e. The van der Waals surface area contributed by atoms with Crippen LogP contribution in [0.5, 0.6) is 0 Å². The summed E-state index contributed by atoms with van der Waals surface area (Å²) >= 11 is 0. The second kappa shape index (κ2) is 3.73. The maximum atomic E-state index is 10.6. The Balaban J connectivity index is 1.57. The van der Waals surface area contributed by atoms with Gasteiger partial charge in [0.05, 0.1) is 5.60 Å². The highest BCUT2D eigenvalue weighted by Gasteiger charge is 2.55. The van der Waals surface area contributed by atoms with E-state index in [9.17, 15) is 5.11 Å². The van der Waals surface area contributed by atoms with Crippen LogP contribution in [0.2, 0.25) is 0 Å². The molecule has 0 spiro atoms. The van der Waals surface area contributed by atoms with Crippen molar-refractivity contribution in [1.82, 2.24) is 0 Å². The minimum atomic E-state index is -0.221. The number of aliphatic hydroxyl groups is 1. The minimum Gasteiger partial charge on any atom is -0.390 e. The monoisotopic (exact) mass is 234 g/mol. The molecule has 5 rings (SSSR count). The van der Waals surface area contributed by atoms with Crippen LogP contribution in [0.25, 0.3) is 0 Å². The second-order valence-corrected chi connectivity index (χ2v) is 7.67. The van der Waals surface area contributed by atoms with Gasteiger partial charge in [-0.15, -0.1) is 0 Å². The number of hydrogen-bond acceptors (Lipinski definition) is 1. The van der Waals surface area contributed by atoms with E-state index in [1.165, 1.54) is 44.9 Å². The van der Waals surface area contributed by atoms with Crippen molar-refractivity contribution < 1.29 is 5.11 Å². The van der Waals surface area contributed by atoms with E-state index >= 15 is 0 Å². The summed E-state index contributed by atoms with van der Waals surface area (Å²) in [6, 6.07) is 0. The van der Waals surface area contributed by atoms with Crippen LogP contribution in [0, 0.1) is 29.6 Å². The molecule has 1 nitrogen and oxygen atoms in total. The predicted molar refractivity (Wildman–Crippen MR) is 68.6 cm³/mol. The van der Waals surface area contributed by atoms with Gasteiger partial charge in [-0.1, -0.05) is 32.1 Å². The Morgan fingerprint density at radius 3 is 2.00 bits per heavy atom. The first-order valence-electron chi connectivity index (χ1n) is 7.96. The molecule has 4 bridgehead atoms. The van der Waals surface area contributed by atoms with Crippen LogP contribution >= 0.6 is 0 Å². The highest BCUT2D eigenvalue weighted by atomic mass is 16.3. The highest BCUT2D eigenvalue weighted by Crippen LogP contribution is 2.61. The summed E-state index contributed by atoms with van der Waals surface area (Å²) in [4.78, 5) is 0. The van der Waals surface area contributed by atoms with Gasteiger partial charge in [-0.05, 0) is 61.7 Å². The average Bonchev–Trinajstić information content (AvgIpc) is 2.27. The first-order chi connectivity index (χ1) is 8.23. The molecule has 5 aliphatic rings. The first kappa shape index (κ1) is 10.8. The Kier molecular flexibility index (Phi) is 2.38. The molecule has 0 amide bonds. The van der Waals surface area contributed by atoms with E-state index in [0.717, 1.165) is 48.9 Å². The van der Waals surface area contributed by atoms with Crippen molar-refractivity contribution in [2.75, 3.05) is 0 Å². The minimum absolute atomic E-state index is 0.221. The number of hydrogen-bond donors (Lipinski definition) is 1. The molecule has 17 heavy (non-hydrogen) atoms. The number of rotatable bonds is 1. The maximum absolute atomic E-state index is 10.6. The van der Waals surface area contributed by atoms with Gasteiger partial charge in [0.15, 0.2) is 0 Å². The predicted octanol–water partition coefficient (Wildman–Crippen LogP) is 3.75. The normalized spacial score (nSPS) is 54.2. The zero-order valence-corrected chi connectivity index (χ0v) is 10.9. The highest BCUT2D eigenvalue weighted by molar-refractivity contribution is 5.06. The summed E-state index contributed by atoms with van der Waals surface area (Å²) in [5.74, 6) is 4.72. The van der Waals surface area contributed by atoms with Crippen LogP contribution in [-0.2, 0) is 0 Å². The molecule has 1 N–H and O–H groups in total. The fourth-order valence-corrected chi connectivity index (χ4v) is 6.31. The Morgan fingerprint density at radius 2 is 1.41 bits per heavy atom. The van der Waals surface area contributed by atoms with E-state index in [4.69, 9.17) is 0 Å². The summed E-state index contributed by atoms with van der Waals surface area (Å²) < 4.78 is 0. The molecular formula is C16H26O. The molecule has 0 aliphatic heterocycles. The van der Waals surface area contributed by atoms with Gasteiger partial charge in [0.25, 0.3) is 0 Å². The van der Waals surface area contributed by atoms with Gasteiger partial charge in [0.2, 0.25) is 0 Å². The van der Waals surface area contributed by atoms with Crippen LogP contribution in [0.4, 0.5) is 0 Å². The van der Waals surface area contributed by atoms with Crippen LogP contribution in [0.15, 0.2) is 0 Å².